The molecule has 0 aliphatic carbocycles. The van der Waals surface area contributed by atoms with Crippen molar-refractivity contribution in [2.45, 2.75) is 90.3 Å². The van der Waals surface area contributed by atoms with E-state index in [-0.39, 0.29) is 12.2 Å². The molecule has 3 rings (SSSR count). The molecule has 1 fully saturated rings. The topological polar surface area (TPSA) is 18.5 Å². The van der Waals surface area contributed by atoms with Crippen LogP contribution >= 0.6 is 0 Å². The van der Waals surface area contributed by atoms with Crippen molar-refractivity contribution in [3.8, 4) is 11.1 Å². The van der Waals surface area contributed by atoms with Gasteiger partial charge >= 0.3 is 0 Å². The molecule has 0 bridgehead atoms. The summed E-state index contributed by atoms with van der Waals surface area (Å²) in [5.41, 5.74) is 5.22. The van der Waals surface area contributed by atoms with Gasteiger partial charge in [-0.05, 0) is 41.5 Å². The van der Waals surface area contributed by atoms with Crippen LogP contribution in [0.2, 0.25) is 0 Å². The number of aryl methyl sites for hydroxylation is 1. The van der Waals surface area contributed by atoms with E-state index in [2.05, 4.69) is 62.4 Å². The average Bonchev–Trinajstić information content (AvgIpc) is 2.80. The predicted molar refractivity (Wildman–Crippen MR) is 127 cm³/mol. The van der Waals surface area contributed by atoms with Crippen molar-refractivity contribution in [1.29, 1.82) is 0 Å². The molecule has 30 heavy (non-hydrogen) atoms. The molecule has 1 aliphatic rings. The number of rotatable bonds is 12. The van der Waals surface area contributed by atoms with Gasteiger partial charge in [-0.1, -0.05) is 107 Å². The van der Waals surface area contributed by atoms with Crippen molar-refractivity contribution in [1.82, 2.24) is 0 Å². The average molecular weight is 409 g/mol. The van der Waals surface area contributed by atoms with E-state index in [1.807, 2.05) is 0 Å². The highest BCUT2D eigenvalue weighted by Gasteiger charge is 2.23. The van der Waals surface area contributed by atoms with Crippen LogP contribution in [-0.2, 0) is 15.9 Å². The first kappa shape index (κ1) is 23.0. The molecular weight excluding hydrogens is 368 g/mol. The Morgan fingerprint density at radius 2 is 1.30 bits per heavy atom. The lowest BCUT2D eigenvalue weighted by molar-refractivity contribution is -0.137. The maximum absolute atomic E-state index is 6.11. The first-order chi connectivity index (χ1) is 14.8. The zero-order valence-corrected chi connectivity index (χ0v) is 19.1. The van der Waals surface area contributed by atoms with Crippen LogP contribution in [0.5, 0.6) is 0 Å². The first-order valence-corrected chi connectivity index (χ1v) is 12.2. The molecule has 0 spiro atoms. The predicted octanol–water partition coefficient (Wildman–Crippen LogP) is 7.90. The Morgan fingerprint density at radius 3 is 1.93 bits per heavy atom. The standard InChI is InChI=1S/C28H40O2/c1-3-5-7-8-10-11-23-13-15-24(16-14-23)25-17-19-26(20-18-25)28-22-29-27(21-30-28)12-9-6-4-2/h13-20,27-28H,3-12,21-22H2,1-2H3/t27-,28-/m1/s1. The van der Waals surface area contributed by atoms with Crippen molar-refractivity contribution in [3.63, 3.8) is 0 Å². The van der Waals surface area contributed by atoms with Gasteiger partial charge < -0.3 is 9.47 Å². The van der Waals surface area contributed by atoms with Gasteiger partial charge in [0.2, 0.25) is 0 Å². The second kappa shape index (κ2) is 12.9. The Labute approximate surface area is 184 Å². The van der Waals surface area contributed by atoms with E-state index in [1.165, 1.54) is 80.0 Å². The maximum Gasteiger partial charge on any atom is 0.106 e. The van der Waals surface area contributed by atoms with Crippen LogP contribution in [0, 0.1) is 0 Å². The molecule has 0 radical (unpaired) electrons. The van der Waals surface area contributed by atoms with E-state index >= 15 is 0 Å². The van der Waals surface area contributed by atoms with Gasteiger partial charge in [-0.25, -0.2) is 0 Å². The highest BCUT2D eigenvalue weighted by atomic mass is 16.6. The maximum atomic E-state index is 6.11. The zero-order chi connectivity index (χ0) is 21.0. The Balaban J connectivity index is 1.46. The van der Waals surface area contributed by atoms with Crippen molar-refractivity contribution in [2.75, 3.05) is 13.2 Å². The molecule has 1 heterocycles. The normalized spacial score (nSPS) is 19.1. The zero-order valence-electron chi connectivity index (χ0n) is 19.1. The molecule has 0 aromatic heterocycles. The van der Waals surface area contributed by atoms with E-state index in [9.17, 15) is 0 Å². The smallest absolute Gasteiger partial charge is 0.106 e. The monoisotopic (exact) mass is 408 g/mol. The van der Waals surface area contributed by atoms with Crippen LogP contribution in [0.4, 0.5) is 0 Å². The van der Waals surface area contributed by atoms with Gasteiger partial charge in [0, 0.05) is 0 Å². The fraction of sp³-hybridized carbons (Fsp3) is 0.571. The van der Waals surface area contributed by atoms with Crippen LogP contribution in [0.25, 0.3) is 11.1 Å². The molecule has 1 saturated heterocycles. The summed E-state index contributed by atoms with van der Waals surface area (Å²) in [7, 11) is 0. The van der Waals surface area contributed by atoms with Gasteiger partial charge in [-0.15, -0.1) is 0 Å². The van der Waals surface area contributed by atoms with Crippen molar-refractivity contribution >= 4 is 0 Å². The van der Waals surface area contributed by atoms with Crippen molar-refractivity contribution in [2.24, 2.45) is 0 Å². The molecule has 0 saturated carbocycles. The van der Waals surface area contributed by atoms with Gasteiger partial charge in [-0.2, -0.15) is 0 Å². The number of hydrogen-bond acceptors (Lipinski definition) is 2. The fourth-order valence-corrected chi connectivity index (χ4v) is 4.21. The summed E-state index contributed by atoms with van der Waals surface area (Å²) in [6.07, 6.45) is 13.1. The van der Waals surface area contributed by atoms with Crippen LogP contribution in [-0.4, -0.2) is 19.3 Å². The Hall–Kier alpha value is -1.64. The summed E-state index contributed by atoms with van der Waals surface area (Å²) in [5, 5.41) is 0. The van der Waals surface area contributed by atoms with Gasteiger partial charge in [0.25, 0.3) is 0 Å². The van der Waals surface area contributed by atoms with E-state index in [4.69, 9.17) is 9.47 Å². The Morgan fingerprint density at radius 1 is 0.667 bits per heavy atom. The Kier molecular flexibility index (Phi) is 9.92. The lowest BCUT2D eigenvalue weighted by Gasteiger charge is -2.30. The van der Waals surface area contributed by atoms with Crippen molar-refractivity contribution < 1.29 is 9.47 Å². The quantitative estimate of drug-likeness (QED) is 0.332. The molecule has 0 amide bonds. The number of hydrogen-bond donors (Lipinski definition) is 0. The van der Waals surface area contributed by atoms with Crippen molar-refractivity contribution in [3.05, 3.63) is 59.7 Å². The number of benzene rings is 2. The molecule has 2 atom stereocenters. The summed E-state index contributed by atoms with van der Waals surface area (Å²) in [6.45, 7) is 5.90. The molecule has 2 heteroatoms. The molecule has 2 aromatic carbocycles. The fourth-order valence-electron chi connectivity index (χ4n) is 4.21. The third-order valence-electron chi connectivity index (χ3n) is 6.23. The van der Waals surface area contributed by atoms with Gasteiger partial charge in [-0.3, -0.25) is 0 Å². The molecular formula is C28H40O2. The second-order valence-corrected chi connectivity index (χ2v) is 8.76. The molecule has 164 valence electrons. The minimum absolute atomic E-state index is 0.0663. The van der Waals surface area contributed by atoms with Crippen LogP contribution in [0.1, 0.15) is 88.9 Å². The lowest BCUT2D eigenvalue weighted by atomic mass is 9.99. The second-order valence-electron chi connectivity index (χ2n) is 8.76. The van der Waals surface area contributed by atoms with Crippen LogP contribution < -0.4 is 0 Å². The minimum atomic E-state index is 0.0663. The molecule has 0 N–H and O–H groups in total. The largest absolute Gasteiger partial charge is 0.373 e. The lowest BCUT2D eigenvalue weighted by Crippen LogP contribution is -2.31. The highest BCUT2D eigenvalue weighted by molar-refractivity contribution is 5.64. The summed E-state index contributed by atoms with van der Waals surface area (Å²) in [4.78, 5) is 0. The van der Waals surface area contributed by atoms with E-state index < -0.39 is 0 Å². The molecule has 2 nitrogen and oxygen atoms in total. The van der Waals surface area contributed by atoms with Gasteiger partial charge in [0.05, 0.1) is 19.3 Å². The summed E-state index contributed by atoms with van der Waals surface area (Å²) >= 11 is 0. The number of ether oxygens (including phenoxy) is 2. The van der Waals surface area contributed by atoms with E-state index in [0.717, 1.165) is 13.0 Å². The summed E-state index contributed by atoms with van der Waals surface area (Å²) < 4.78 is 12.2. The first-order valence-electron chi connectivity index (χ1n) is 12.2. The number of unbranched alkanes of at least 4 members (excludes halogenated alkanes) is 6. The molecule has 0 unspecified atom stereocenters. The molecule has 2 aromatic rings. The van der Waals surface area contributed by atoms with Gasteiger partial charge in [0.1, 0.15) is 6.10 Å². The van der Waals surface area contributed by atoms with Crippen LogP contribution in [0.3, 0.4) is 0 Å². The minimum Gasteiger partial charge on any atom is -0.373 e. The Bertz CT molecular complexity index is 696. The van der Waals surface area contributed by atoms with Gasteiger partial charge in [0.15, 0.2) is 0 Å². The SMILES string of the molecule is CCCCCCCc1ccc(-c2ccc([C@H]3CO[C@H](CCCCC)CO3)cc2)cc1. The third-order valence-corrected chi connectivity index (χ3v) is 6.23. The highest BCUT2D eigenvalue weighted by Crippen LogP contribution is 2.27. The van der Waals surface area contributed by atoms with E-state index in [0.29, 0.717) is 6.61 Å². The molecule has 1 aliphatic heterocycles. The van der Waals surface area contributed by atoms with Crippen LogP contribution in [0.15, 0.2) is 48.5 Å². The summed E-state index contributed by atoms with van der Waals surface area (Å²) in [5.74, 6) is 0. The van der Waals surface area contributed by atoms with E-state index in [1.54, 1.807) is 0 Å². The summed E-state index contributed by atoms with van der Waals surface area (Å²) in [6, 6.07) is 17.9. The third kappa shape index (κ3) is 7.25.